The summed E-state index contributed by atoms with van der Waals surface area (Å²) in [5, 5.41) is 16.2. The predicted octanol–water partition coefficient (Wildman–Crippen LogP) is 2.01. The number of carbonyl (C=O) groups is 1. The Hall–Kier alpha value is -2.47. The van der Waals surface area contributed by atoms with Crippen molar-refractivity contribution in [2.75, 3.05) is 13.2 Å². The molecule has 0 radical (unpaired) electrons. The number of hydrogen-bond acceptors (Lipinski definition) is 4. The Morgan fingerprint density at radius 3 is 2.56 bits per heavy atom. The number of para-hydroxylation sites is 1. The van der Waals surface area contributed by atoms with E-state index in [1.54, 1.807) is 12.1 Å². The van der Waals surface area contributed by atoms with Crippen LogP contribution in [0.1, 0.15) is 37.2 Å². The average Bonchev–Trinajstić information content (AvgIpc) is 2.60. The first-order valence-electron chi connectivity index (χ1n) is 8.56. The number of rotatable bonds is 8. The monoisotopic (exact) mass is 343 g/mol. The topological polar surface area (TPSA) is 84.2 Å². The molecule has 0 aliphatic rings. The Balaban J connectivity index is 2.10. The molecule has 2 rings (SSSR count). The normalized spacial score (nSPS) is 12.2. The first-order chi connectivity index (χ1) is 12.0. The van der Waals surface area contributed by atoms with E-state index in [1.165, 1.54) is 16.8 Å². The molecule has 0 spiro atoms. The fourth-order valence-corrected chi connectivity index (χ4v) is 2.77. The van der Waals surface area contributed by atoms with Crippen molar-refractivity contribution in [3.05, 3.63) is 58.5 Å². The van der Waals surface area contributed by atoms with Gasteiger partial charge in [0.1, 0.15) is 5.69 Å². The fourth-order valence-electron chi connectivity index (χ4n) is 2.77. The smallest absolute Gasteiger partial charge is 0.271 e. The molecule has 6 heteroatoms. The molecule has 0 saturated heterocycles. The van der Waals surface area contributed by atoms with E-state index in [4.69, 9.17) is 5.11 Å². The van der Waals surface area contributed by atoms with Crippen molar-refractivity contribution in [3.8, 4) is 5.69 Å². The van der Waals surface area contributed by atoms with E-state index in [0.717, 1.165) is 6.42 Å². The van der Waals surface area contributed by atoms with Crippen LogP contribution in [0.5, 0.6) is 0 Å². The molecule has 25 heavy (non-hydrogen) atoms. The molecular formula is C19H25N3O3. The number of nitrogens with zero attached hydrogens (tertiary/aromatic N) is 2. The third-order valence-electron chi connectivity index (χ3n) is 3.93. The van der Waals surface area contributed by atoms with Crippen LogP contribution in [0, 0.1) is 11.8 Å². The van der Waals surface area contributed by atoms with Gasteiger partial charge in [-0.25, -0.2) is 0 Å². The van der Waals surface area contributed by atoms with Crippen LogP contribution in [0.3, 0.4) is 0 Å². The quantitative estimate of drug-likeness (QED) is 0.768. The lowest BCUT2D eigenvalue weighted by molar-refractivity contribution is 0.0934. The van der Waals surface area contributed by atoms with E-state index >= 15 is 0 Å². The van der Waals surface area contributed by atoms with Gasteiger partial charge in [-0.1, -0.05) is 32.0 Å². The standard InChI is InChI=1S/C19H25N3O3/c1-14(2)12-15(10-11-23)13-20-19(25)17-8-9-18(24)22(21-17)16-6-4-3-5-7-16/h3-9,14-15,23H,10-13H2,1-2H3,(H,20,25). The summed E-state index contributed by atoms with van der Waals surface area (Å²) in [7, 11) is 0. The van der Waals surface area contributed by atoms with E-state index in [2.05, 4.69) is 24.3 Å². The lowest BCUT2D eigenvalue weighted by Gasteiger charge is -2.18. The minimum Gasteiger partial charge on any atom is -0.396 e. The Morgan fingerprint density at radius 1 is 1.20 bits per heavy atom. The van der Waals surface area contributed by atoms with Crippen LogP contribution in [-0.4, -0.2) is 33.9 Å². The third-order valence-corrected chi connectivity index (χ3v) is 3.93. The van der Waals surface area contributed by atoms with Crippen molar-refractivity contribution >= 4 is 5.91 Å². The van der Waals surface area contributed by atoms with Gasteiger partial charge >= 0.3 is 0 Å². The van der Waals surface area contributed by atoms with Crippen molar-refractivity contribution in [2.24, 2.45) is 11.8 Å². The molecule has 0 fully saturated rings. The Kier molecular flexibility index (Phi) is 6.89. The molecule has 1 aromatic heterocycles. The van der Waals surface area contributed by atoms with E-state index in [-0.39, 0.29) is 29.7 Å². The molecule has 1 amide bonds. The maximum absolute atomic E-state index is 12.4. The number of benzene rings is 1. The molecule has 134 valence electrons. The second-order valence-corrected chi connectivity index (χ2v) is 6.52. The van der Waals surface area contributed by atoms with Crippen LogP contribution >= 0.6 is 0 Å². The van der Waals surface area contributed by atoms with Crippen molar-refractivity contribution in [1.29, 1.82) is 0 Å². The second-order valence-electron chi connectivity index (χ2n) is 6.52. The minimum atomic E-state index is -0.323. The number of aliphatic hydroxyl groups excluding tert-OH is 1. The molecule has 2 aromatic rings. The molecule has 0 bridgehead atoms. The van der Waals surface area contributed by atoms with Crippen LogP contribution in [0.2, 0.25) is 0 Å². The molecule has 2 N–H and O–H groups in total. The highest BCUT2D eigenvalue weighted by molar-refractivity contribution is 5.92. The van der Waals surface area contributed by atoms with Gasteiger partial charge in [0, 0.05) is 19.2 Å². The summed E-state index contributed by atoms with van der Waals surface area (Å²) < 4.78 is 1.22. The highest BCUT2D eigenvalue weighted by Gasteiger charge is 2.15. The number of aromatic nitrogens is 2. The zero-order valence-electron chi connectivity index (χ0n) is 14.7. The molecule has 0 aliphatic heterocycles. The van der Waals surface area contributed by atoms with Gasteiger partial charge in [-0.2, -0.15) is 9.78 Å². The second kappa shape index (κ2) is 9.13. The molecule has 6 nitrogen and oxygen atoms in total. The molecule has 1 atom stereocenters. The number of amides is 1. The lowest BCUT2D eigenvalue weighted by Crippen LogP contribution is -2.33. The van der Waals surface area contributed by atoms with Gasteiger partial charge in [0.25, 0.3) is 11.5 Å². The lowest BCUT2D eigenvalue weighted by atomic mass is 9.94. The zero-order valence-corrected chi connectivity index (χ0v) is 14.7. The van der Waals surface area contributed by atoms with Crippen molar-refractivity contribution in [3.63, 3.8) is 0 Å². The summed E-state index contributed by atoms with van der Waals surface area (Å²) in [6.07, 6.45) is 1.58. The Labute approximate surface area is 147 Å². The zero-order chi connectivity index (χ0) is 18.2. The van der Waals surface area contributed by atoms with Gasteiger partial charge < -0.3 is 10.4 Å². The van der Waals surface area contributed by atoms with Gasteiger partial charge in [-0.05, 0) is 42.9 Å². The Bertz CT molecular complexity index is 741. The molecular weight excluding hydrogens is 318 g/mol. The van der Waals surface area contributed by atoms with Gasteiger partial charge in [-0.3, -0.25) is 9.59 Å². The number of carbonyl (C=O) groups excluding carboxylic acids is 1. The van der Waals surface area contributed by atoms with Crippen LogP contribution in [0.4, 0.5) is 0 Å². The largest absolute Gasteiger partial charge is 0.396 e. The van der Waals surface area contributed by atoms with Crippen LogP contribution in [0.15, 0.2) is 47.3 Å². The molecule has 1 unspecified atom stereocenters. The van der Waals surface area contributed by atoms with Crippen LogP contribution in [-0.2, 0) is 0 Å². The Morgan fingerprint density at radius 2 is 1.92 bits per heavy atom. The molecule has 0 aliphatic carbocycles. The summed E-state index contributed by atoms with van der Waals surface area (Å²) >= 11 is 0. The summed E-state index contributed by atoms with van der Waals surface area (Å²) in [4.78, 5) is 24.4. The highest BCUT2D eigenvalue weighted by Crippen LogP contribution is 2.14. The summed E-state index contributed by atoms with van der Waals surface area (Å²) in [6, 6.07) is 11.8. The van der Waals surface area contributed by atoms with Gasteiger partial charge in [0.15, 0.2) is 0 Å². The van der Waals surface area contributed by atoms with Crippen molar-refractivity contribution in [2.45, 2.75) is 26.7 Å². The van der Waals surface area contributed by atoms with E-state index in [0.29, 0.717) is 24.6 Å². The number of aliphatic hydroxyl groups is 1. The maximum Gasteiger partial charge on any atom is 0.271 e. The molecule has 1 heterocycles. The average molecular weight is 343 g/mol. The molecule has 0 saturated carbocycles. The summed E-state index contributed by atoms with van der Waals surface area (Å²) in [6.45, 7) is 4.81. The fraction of sp³-hybridized carbons (Fsp3) is 0.421. The number of nitrogens with one attached hydrogen (secondary N) is 1. The first kappa shape index (κ1) is 18.9. The summed E-state index contributed by atoms with van der Waals surface area (Å²) in [5.41, 5.74) is 0.511. The van der Waals surface area contributed by atoms with Gasteiger partial charge in [-0.15, -0.1) is 0 Å². The van der Waals surface area contributed by atoms with Gasteiger partial charge in [0.2, 0.25) is 0 Å². The van der Waals surface area contributed by atoms with E-state index < -0.39 is 0 Å². The predicted molar refractivity (Wildman–Crippen MR) is 96.8 cm³/mol. The van der Waals surface area contributed by atoms with Crippen molar-refractivity contribution < 1.29 is 9.90 Å². The maximum atomic E-state index is 12.4. The van der Waals surface area contributed by atoms with E-state index in [1.807, 2.05) is 18.2 Å². The minimum absolute atomic E-state index is 0.102. The van der Waals surface area contributed by atoms with Crippen LogP contribution in [0.25, 0.3) is 5.69 Å². The SMILES string of the molecule is CC(C)CC(CCO)CNC(=O)c1ccc(=O)n(-c2ccccc2)n1. The molecule has 1 aromatic carbocycles. The third kappa shape index (κ3) is 5.53. The first-order valence-corrected chi connectivity index (χ1v) is 8.56. The summed E-state index contributed by atoms with van der Waals surface area (Å²) in [5.74, 6) is 0.386. The highest BCUT2D eigenvalue weighted by atomic mass is 16.3. The number of hydrogen-bond donors (Lipinski definition) is 2. The van der Waals surface area contributed by atoms with Crippen molar-refractivity contribution in [1.82, 2.24) is 15.1 Å². The van der Waals surface area contributed by atoms with Gasteiger partial charge in [0.05, 0.1) is 5.69 Å². The van der Waals surface area contributed by atoms with E-state index in [9.17, 15) is 9.59 Å². The van der Waals surface area contributed by atoms with Crippen LogP contribution < -0.4 is 10.9 Å².